The van der Waals surface area contributed by atoms with Crippen LogP contribution >= 0.6 is 0 Å². The van der Waals surface area contributed by atoms with Crippen molar-refractivity contribution in [1.82, 2.24) is 5.32 Å². The van der Waals surface area contributed by atoms with Crippen LogP contribution in [0.5, 0.6) is 0 Å². The Morgan fingerprint density at radius 1 is 1.22 bits per heavy atom. The van der Waals surface area contributed by atoms with Gasteiger partial charge in [-0.1, -0.05) is 19.1 Å². The highest BCUT2D eigenvalue weighted by Gasteiger charge is 2.26. The van der Waals surface area contributed by atoms with Crippen molar-refractivity contribution in [3.63, 3.8) is 0 Å². The van der Waals surface area contributed by atoms with E-state index in [-0.39, 0.29) is 4.90 Å². The molecular weight excluding hydrogens is 260 g/mol. The average Bonchev–Trinajstić information content (AvgIpc) is 2.36. The van der Waals surface area contributed by atoms with Crippen LogP contribution in [0.3, 0.4) is 0 Å². The third-order valence-corrected chi connectivity index (χ3v) is 4.27. The molecule has 1 aromatic carbocycles. The summed E-state index contributed by atoms with van der Waals surface area (Å²) in [5.41, 5.74) is 0.921. The molecule has 1 aromatic rings. The van der Waals surface area contributed by atoms with Gasteiger partial charge in [0.2, 0.25) is 9.84 Å². The first-order valence-electron chi connectivity index (χ1n) is 5.70. The predicted octanol–water partition coefficient (Wildman–Crippen LogP) is 2.22. The van der Waals surface area contributed by atoms with Gasteiger partial charge in [-0.15, -0.1) is 0 Å². The fraction of sp³-hybridized carbons (Fsp3) is 0.500. The zero-order valence-electron chi connectivity index (χ0n) is 10.4. The Labute approximate surface area is 106 Å². The summed E-state index contributed by atoms with van der Waals surface area (Å²) < 4.78 is 47.1. The minimum Gasteiger partial charge on any atom is -0.317 e. The van der Waals surface area contributed by atoms with Crippen molar-refractivity contribution in [2.45, 2.75) is 36.5 Å². The lowest BCUT2D eigenvalue weighted by Gasteiger charge is -2.13. The molecule has 1 rings (SSSR count). The van der Waals surface area contributed by atoms with E-state index in [0.717, 1.165) is 18.4 Å². The number of nitrogens with one attached hydrogen (secondary N) is 1. The van der Waals surface area contributed by atoms with E-state index in [0.29, 0.717) is 6.04 Å². The van der Waals surface area contributed by atoms with Gasteiger partial charge < -0.3 is 5.32 Å². The van der Waals surface area contributed by atoms with Crippen molar-refractivity contribution in [1.29, 1.82) is 0 Å². The van der Waals surface area contributed by atoms with E-state index in [1.807, 2.05) is 14.0 Å². The van der Waals surface area contributed by atoms with Gasteiger partial charge in [-0.2, -0.15) is 8.78 Å². The first-order valence-corrected chi connectivity index (χ1v) is 7.24. The highest BCUT2D eigenvalue weighted by molar-refractivity contribution is 7.91. The van der Waals surface area contributed by atoms with Crippen LogP contribution in [0.2, 0.25) is 0 Å². The molecule has 0 bridgehead atoms. The lowest BCUT2D eigenvalue weighted by atomic mass is 10.0. The van der Waals surface area contributed by atoms with E-state index in [1.54, 1.807) is 12.1 Å². The van der Waals surface area contributed by atoms with Gasteiger partial charge in [0.1, 0.15) is 0 Å². The largest absolute Gasteiger partial charge is 0.341 e. The Bertz CT molecular complexity index is 467. The number of halogens is 2. The first kappa shape index (κ1) is 15.0. The molecule has 6 heteroatoms. The molecule has 102 valence electrons. The Kier molecular flexibility index (Phi) is 5.22. The second kappa shape index (κ2) is 6.24. The van der Waals surface area contributed by atoms with Crippen LogP contribution in [0, 0.1) is 0 Å². The van der Waals surface area contributed by atoms with Crippen LogP contribution in [0.15, 0.2) is 29.2 Å². The average molecular weight is 277 g/mol. The third-order valence-electron chi connectivity index (χ3n) is 2.87. The van der Waals surface area contributed by atoms with Gasteiger partial charge in [-0.3, -0.25) is 0 Å². The van der Waals surface area contributed by atoms with Gasteiger partial charge in [-0.05, 0) is 37.6 Å². The van der Waals surface area contributed by atoms with Crippen molar-refractivity contribution in [3.8, 4) is 0 Å². The van der Waals surface area contributed by atoms with E-state index in [9.17, 15) is 17.2 Å². The van der Waals surface area contributed by atoms with Gasteiger partial charge in [0.25, 0.3) is 0 Å². The summed E-state index contributed by atoms with van der Waals surface area (Å²) in [6.07, 6.45) is 1.68. The zero-order chi connectivity index (χ0) is 13.8. The van der Waals surface area contributed by atoms with E-state index >= 15 is 0 Å². The maximum absolute atomic E-state index is 12.3. The summed E-state index contributed by atoms with van der Waals surface area (Å²) in [6, 6.07) is 5.92. The molecule has 0 radical (unpaired) electrons. The molecule has 0 aliphatic rings. The lowest BCUT2D eigenvalue weighted by molar-refractivity contribution is 0.234. The van der Waals surface area contributed by atoms with Gasteiger partial charge >= 0.3 is 5.76 Å². The van der Waals surface area contributed by atoms with Crippen LogP contribution in [0.25, 0.3) is 0 Å². The van der Waals surface area contributed by atoms with Gasteiger partial charge in [0.05, 0.1) is 4.90 Å². The molecule has 0 saturated carbocycles. The Balaban J connectivity index is 2.87. The number of hydrogen-bond acceptors (Lipinski definition) is 3. The molecule has 3 nitrogen and oxygen atoms in total. The van der Waals surface area contributed by atoms with Gasteiger partial charge in [0.15, 0.2) is 0 Å². The second-order valence-corrected chi connectivity index (χ2v) is 5.97. The first-order chi connectivity index (χ1) is 8.41. The fourth-order valence-electron chi connectivity index (χ4n) is 1.65. The summed E-state index contributed by atoms with van der Waals surface area (Å²) in [5.74, 6) is -3.37. The van der Waals surface area contributed by atoms with E-state index in [1.165, 1.54) is 12.1 Å². The number of likely N-dealkylation sites (N-methyl/N-ethyl adjacent to an activating group) is 1. The SMILES string of the molecule is CCC(Cc1ccc(S(=O)(=O)C(F)F)cc1)NC. The standard InChI is InChI=1S/C12H17F2NO2S/c1-3-10(15-2)8-9-4-6-11(7-5-9)18(16,17)12(13)14/h4-7,10,12,15H,3,8H2,1-2H3. The molecule has 1 N–H and O–H groups in total. The molecule has 0 saturated heterocycles. The molecule has 0 spiro atoms. The highest BCUT2D eigenvalue weighted by atomic mass is 32.2. The van der Waals surface area contributed by atoms with Crippen LogP contribution in [0.1, 0.15) is 18.9 Å². The van der Waals surface area contributed by atoms with Crippen molar-refractivity contribution in [3.05, 3.63) is 29.8 Å². The molecule has 0 heterocycles. The van der Waals surface area contributed by atoms with Crippen LogP contribution in [-0.2, 0) is 16.3 Å². The maximum Gasteiger partial charge on any atom is 0.341 e. The highest BCUT2D eigenvalue weighted by Crippen LogP contribution is 2.19. The monoisotopic (exact) mass is 277 g/mol. The molecule has 18 heavy (non-hydrogen) atoms. The maximum atomic E-state index is 12.3. The number of benzene rings is 1. The normalized spacial score (nSPS) is 13.8. The zero-order valence-corrected chi connectivity index (χ0v) is 11.2. The minimum atomic E-state index is -4.48. The van der Waals surface area contributed by atoms with E-state index in [2.05, 4.69) is 5.32 Å². The fourth-order valence-corrected chi connectivity index (χ4v) is 2.37. The quantitative estimate of drug-likeness (QED) is 0.867. The molecular formula is C12H17F2NO2S. The molecule has 0 aromatic heterocycles. The molecule has 1 unspecified atom stereocenters. The van der Waals surface area contributed by atoms with Gasteiger partial charge in [-0.25, -0.2) is 8.42 Å². The summed E-state index contributed by atoms with van der Waals surface area (Å²) in [4.78, 5) is -0.334. The molecule has 0 aliphatic heterocycles. The smallest absolute Gasteiger partial charge is 0.317 e. The summed E-state index contributed by atoms with van der Waals surface area (Å²) >= 11 is 0. The third kappa shape index (κ3) is 3.49. The molecule has 0 aliphatic carbocycles. The molecule has 0 fully saturated rings. The molecule has 0 amide bonds. The van der Waals surface area contributed by atoms with Crippen molar-refractivity contribution < 1.29 is 17.2 Å². The minimum absolute atomic E-state index is 0.294. The predicted molar refractivity (Wildman–Crippen MR) is 66.5 cm³/mol. The summed E-state index contributed by atoms with van der Waals surface area (Å²) in [5, 5.41) is 3.13. The Hall–Kier alpha value is -1.01. The number of hydrogen-bond donors (Lipinski definition) is 1. The van der Waals surface area contributed by atoms with E-state index in [4.69, 9.17) is 0 Å². The van der Waals surface area contributed by atoms with Crippen LogP contribution in [-0.4, -0.2) is 27.3 Å². The van der Waals surface area contributed by atoms with Crippen LogP contribution < -0.4 is 5.32 Å². The summed E-state index contributed by atoms with van der Waals surface area (Å²) in [7, 11) is -2.63. The van der Waals surface area contributed by atoms with E-state index < -0.39 is 15.6 Å². The van der Waals surface area contributed by atoms with Gasteiger partial charge in [0, 0.05) is 6.04 Å². The Morgan fingerprint density at radius 3 is 2.17 bits per heavy atom. The van der Waals surface area contributed by atoms with Crippen LogP contribution in [0.4, 0.5) is 8.78 Å². The summed E-state index contributed by atoms with van der Waals surface area (Å²) in [6.45, 7) is 2.04. The topological polar surface area (TPSA) is 46.2 Å². The van der Waals surface area contributed by atoms with Crippen molar-refractivity contribution >= 4 is 9.84 Å². The molecule has 1 atom stereocenters. The van der Waals surface area contributed by atoms with Crippen molar-refractivity contribution in [2.24, 2.45) is 0 Å². The number of alkyl halides is 2. The number of rotatable bonds is 6. The van der Waals surface area contributed by atoms with Crippen molar-refractivity contribution in [2.75, 3.05) is 7.05 Å². The Morgan fingerprint density at radius 2 is 1.78 bits per heavy atom. The number of sulfone groups is 1. The lowest BCUT2D eigenvalue weighted by Crippen LogP contribution is -2.26. The second-order valence-electron chi connectivity index (χ2n) is 4.05.